The average Bonchev–Trinajstić information content (AvgIpc) is 3.21. The molecule has 1 aliphatic heterocycles. The first-order valence-corrected chi connectivity index (χ1v) is 8.65. The standard InChI is InChI=1S/C18H18ClFN4O/c1-11-7-18-21-17(23-6-2-3-13(23)10-25)9-16(24(18)22-11)12-4-5-15(20)14(19)8-12/h4-5,7-9,13,25H,2-3,6,10H2,1H3. The van der Waals surface area contributed by atoms with Gasteiger partial charge in [-0.15, -0.1) is 0 Å². The van der Waals surface area contributed by atoms with E-state index in [0.29, 0.717) is 5.65 Å². The van der Waals surface area contributed by atoms with E-state index in [4.69, 9.17) is 16.6 Å². The quantitative estimate of drug-likeness (QED) is 0.777. The number of hydrogen-bond acceptors (Lipinski definition) is 4. The first kappa shape index (κ1) is 16.3. The van der Waals surface area contributed by atoms with E-state index in [0.717, 1.165) is 42.2 Å². The molecule has 0 aliphatic carbocycles. The smallest absolute Gasteiger partial charge is 0.158 e. The first-order valence-electron chi connectivity index (χ1n) is 8.27. The molecule has 1 saturated heterocycles. The summed E-state index contributed by atoms with van der Waals surface area (Å²) in [5.41, 5.74) is 3.12. The number of fused-ring (bicyclic) bond motifs is 1. The SMILES string of the molecule is Cc1cc2nc(N3CCCC3CO)cc(-c3ccc(F)c(Cl)c3)n2n1. The van der Waals surface area contributed by atoms with Gasteiger partial charge in [0, 0.05) is 24.2 Å². The van der Waals surface area contributed by atoms with Crippen molar-refractivity contribution in [2.24, 2.45) is 0 Å². The summed E-state index contributed by atoms with van der Waals surface area (Å²) in [6, 6.07) is 8.54. The summed E-state index contributed by atoms with van der Waals surface area (Å²) < 4.78 is 15.3. The van der Waals surface area contributed by atoms with Gasteiger partial charge in [0.2, 0.25) is 0 Å². The highest BCUT2D eigenvalue weighted by Gasteiger charge is 2.26. The lowest BCUT2D eigenvalue weighted by atomic mass is 10.1. The summed E-state index contributed by atoms with van der Waals surface area (Å²) in [4.78, 5) is 6.83. The van der Waals surface area contributed by atoms with E-state index < -0.39 is 5.82 Å². The molecule has 3 heterocycles. The third-order valence-electron chi connectivity index (χ3n) is 4.63. The van der Waals surface area contributed by atoms with Crippen molar-refractivity contribution in [3.63, 3.8) is 0 Å². The van der Waals surface area contributed by atoms with E-state index in [9.17, 15) is 9.50 Å². The van der Waals surface area contributed by atoms with E-state index in [1.807, 2.05) is 19.1 Å². The molecule has 0 bridgehead atoms. The summed E-state index contributed by atoms with van der Waals surface area (Å²) >= 11 is 5.97. The Morgan fingerprint density at radius 1 is 1.32 bits per heavy atom. The number of benzene rings is 1. The van der Waals surface area contributed by atoms with E-state index in [1.54, 1.807) is 16.6 Å². The fourth-order valence-corrected chi connectivity index (χ4v) is 3.59. The zero-order valence-corrected chi connectivity index (χ0v) is 14.5. The van der Waals surface area contributed by atoms with E-state index in [-0.39, 0.29) is 17.7 Å². The number of anilines is 1. The van der Waals surface area contributed by atoms with Gasteiger partial charge in [-0.3, -0.25) is 0 Å². The minimum absolute atomic E-state index is 0.0716. The van der Waals surface area contributed by atoms with Crippen molar-refractivity contribution in [3.8, 4) is 11.3 Å². The van der Waals surface area contributed by atoms with Gasteiger partial charge >= 0.3 is 0 Å². The van der Waals surface area contributed by atoms with Crippen LogP contribution in [0.4, 0.5) is 10.2 Å². The molecule has 1 N–H and O–H groups in total. The van der Waals surface area contributed by atoms with Crippen molar-refractivity contribution in [1.82, 2.24) is 14.6 Å². The minimum Gasteiger partial charge on any atom is -0.394 e. The topological polar surface area (TPSA) is 53.7 Å². The van der Waals surface area contributed by atoms with Gasteiger partial charge in [-0.05, 0) is 38.0 Å². The molecule has 130 valence electrons. The highest BCUT2D eigenvalue weighted by Crippen LogP contribution is 2.31. The Kier molecular flexibility index (Phi) is 4.09. The van der Waals surface area contributed by atoms with Crippen LogP contribution >= 0.6 is 11.6 Å². The zero-order valence-electron chi connectivity index (χ0n) is 13.8. The second-order valence-corrected chi connectivity index (χ2v) is 6.76. The maximum absolute atomic E-state index is 13.6. The molecule has 0 radical (unpaired) electrons. The van der Waals surface area contributed by atoms with Crippen LogP contribution in [0.3, 0.4) is 0 Å². The Balaban J connectivity index is 1.91. The summed E-state index contributed by atoms with van der Waals surface area (Å²) in [6.07, 6.45) is 1.97. The third kappa shape index (κ3) is 2.85. The maximum atomic E-state index is 13.6. The van der Waals surface area contributed by atoms with Gasteiger partial charge in [0.25, 0.3) is 0 Å². The van der Waals surface area contributed by atoms with Crippen LogP contribution in [0.5, 0.6) is 0 Å². The molecule has 2 aromatic heterocycles. The van der Waals surface area contributed by atoms with Crippen molar-refractivity contribution in [2.75, 3.05) is 18.1 Å². The van der Waals surface area contributed by atoms with Crippen LogP contribution in [0.1, 0.15) is 18.5 Å². The summed E-state index contributed by atoms with van der Waals surface area (Å²) in [5.74, 6) is 0.340. The fourth-order valence-electron chi connectivity index (χ4n) is 3.41. The van der Waals surface area contributed by atoms with Crippen LogP contribution in [0.2, 0.25) is 5.02 Å². The van der Waals surface area contributed by atoms with Gasteiger partial charge in [0.15, 0.2) is 5.65 Å². The van der Waals surface area contributed by atoms with Crippen molar-refractivity contribution >= 4 is 23.1 Å². The molecule has 4 rings (SSSR count). The molecule has 25 heavy (non-hydrogen) atoms. The lowest BCUT2D eigenvalue weighted by Gasteiger charge is -2.24. The molecular formula is C18H18ClFN4O. The average molecular weight is 361 g/mol. The summed E-state index contributed by atoms with van der Waals surface area (Å²) in [7, 11) is 0. The lowest BCUT2D eigenvalue weighted by molar-refractivity contribution is 0.266. The van der Waals surface area contributed by atoms with Crippen LogP contribution in [0, 0.1) is 12.7 Å². The molecule has 5 nitrogen and oxygen atoms in total. The number of rotatable bonds is 3. The number of aryl methyl sites for hydroxylation is 1. The predicted octanol–water partition coefficient (Wildman–Crippen LogP) is 3.46. The first-order chi connectivity index (χ1) is 12.1. The molecule has 0 spiro atoms. The van der Waals surface area contributed by atoms with Gasteiger partial charge < -0.3 is 10.0 Å². The molecule has 0 saturated carbocycles. The number of aliphatic hydroxyl groups excluding tert-OH is 1. The van der Waals surface area contributed by atoms with E-state index >= 15 is 0 Å². The minimum atomic E-state index is -0.451. The number of aliphatic hydroxyl groups is 1. The normalized spacial score (nSPS) is 17.6. The molecule has 1 unspecified atom stereocenters. The Morgan fingerprint density at radius 3 is 2.92 bits per heavy atom. The Hall–Kier alpha value is -2.18. The number of aromatic nitrogens is 3. The van der Waals surface area contributed by atoms with Crippen LogP contribution in [-0.4, -0.2) is 38.9 Å². The Bertz CT molecular complexity index is 942. The molecule has 1 aromatic carbocycles. The monoisotopic (exact) mass is 360 g/mol. The predicted molar refractivity (Wildman–Crippen MR) is 95.6 cm³/mol. The second kappa shape index (κ2) is 6.28. The highest BCUT2D eigenvalue weighted by molar-refractivity contribution is 6.31. The van der Waals surface area contributed by atoms with Crippen molar-refractivity contribution in [3.05, 3.63) is 46.9 Å². The van der Waals surface area contributed by atoms with Gasteiger partial charge in [0.05, 0.1) is 29.1 Å². The lowest BCUT2D eigenvalue weighted by Crippen LogP contribution is -2.32. The van der Waals surface area contributed by atoms with Crippen LogP contribution in [-0.2, 0) is 0 Å². The molecule has 7 heteroatoms. The molecule has 1 aliphatic rings. The second-order valence-electron chi connectivity index (χ2n) is 6.36. The van der Waals surface area contributed by atoms with Crippen LogP contribution < -0.4 is 4.90 Å². The summed E-state index contributed by atoms with van der Waals surface area (Å²) in [6.45, 7) is 2.86. The van der Waals surface area contributed by atoms with Gasteiger partial charge in [-0.1, -0.05) is 11.6 Å². The van der Waals surface area contributed by atoms with Crippen LogP contribution in [0.25, 0.3) is 16.9 Å². The van der Waals surface area contributed by atoms with Crippen molar-refractivity contribution in [1.29, 1.82) is 0 Å². The Labute approximate surface area is 149 Å². The molecule has 0 amide bonds. The van der Waals surface area contributed by atoms with Gasteiger partial charge in [-0.2, -0.15) is 5.10 Å². The molecule has 1 fully saturated rings. The molecular weight excluding hydrogens is 343 g/mol. The van der Waals surface area contributed by atoms with E-state index in [2.05, 4.69) is 10.00 Å². The van der Waals surface area contributed by atoms with Gasteiger partial charge in [-0.25, -0.2) is 13.9 Å². The third-order valence-corrected chi connectivity index (χ3v) is 4.92. The highest BCUT2D eigenvalue weighted by atomic mass is 35.5. The van der Waals surface area contributed by atoms with Crippen molar-refractivity contribution in [2.45, 2.75) is 25.8 Å². The summed E-state index contributed by atoms with van der Waals surface area (Å²) in [5, 5.41) is 14.2. The number of nitrogens with zero attached hydrogens (tertiary/aromatic N) is 4. The number of hydrogen-bond donors (Lipinski definition) is 1. The molecule has 1 atom stereocenters. The number of halogens is 2. The fraction of sp³-hybridized carbons (Fsp3) is 0.333. The van der Waals surface area contributed by atoms with Crippen molar-refractivity contribution < 1.29 is 9.50 Å². The van der Waals surface area contributed by atoms with E-state index in [1.165, 1.54) is 6.07 Å². The van der Waals surface area contributed by atoms with Gasteiger partial charge in [0.1, 0.15) is 11.6 Å². The zero-order chi connectivity index (χ0) is 17.6. The maximum Gasteiger partial charge on any atom is 0.158 e. The molecule has 3 aromatic rings. The largest absolute Gasteiger partial charge is 0.394 e. The Morgan fingerprint density at radius 2 is 2.16 bits per heavy atom. The van der Waals surface area contributed by atoms with Crippen LogP contribution in [0.15, 0.2) is 30.3 Å².